The highest BCUT2D eigenvalue weighted by molar-refractivity contribution is 5.91. The van der Waals surface area contributed by atoms with Crippen LogP contribution in [0, 0.1) is 13.8 Å². The van der Waals surface area contributed by atoms with Crippen LogP contribution < -0.4 is 0 Å². The summed E-state index contributed by atoms with van der Waals surface area (Å²) in [6.07, 6.45) is 5.15. The molecule has 1 fully saturated rings. The number of piperidine rings is 1. The van der Waals surface area contributed by atoms with Gasteiger partial charge in [-0.1, -0.05) is 5.16 Å². The molecule has 164 valence electrons. The molecule has 9 heteroatoms. The van der Waals surface area contributed by atoms with Crippen molar-refractivity contribution in [2.24, 2.45) is 0 Å². The van der Waals surface area contributed by atoms with Crippen molar-refractivity contribution in [1.82, 2.24) is 29.8 Å². The van der Waals surface area contributed by atoms with E-state index < -0.39 is 0 Å². The smallest absolute Gasteiger partial charge is 0.289 e. The van der Waals surface area contributed by atoms with Gasteiger partial charge < -0.3 is 13.8 Å². The Bertz CT molecular complexity index is 1230. The third-order valence-corrected chi connectivity index (χ3v) is 5.70. The molecule has 1 aliphatic rings. The van der Waals surface area contributed by atoms with Gasteiger partial charge in [-0.15, -0.1) is 0 Å². The van der Waals surface area contributed by atoms with Crippen LogP contribution in [0.15, 0.2) is 51.7 Å². The zero-order chi connectivity index (χ0) is 22.1. The Kier molecular flexibility index (Phi) is 5.30. The highest BCUT2D eigenvalue weighted by atomic mass is 16.5. The monoisotopic (exact) mass is 432 g/mol. The summed E-state index contributed by atoms with van der Waals surface area (Å²) in [5.41, 5.74) is 2.81. The molecule has 5 heterocycles. The van der Waals surface area contributed by atoms with Crippen molar-refractivity contribution in [3.05, 3.63) is 71.5 Å². The van der Waals surface area contributed by atoms with Crippen LogP contribution in [-0.2, 0) is 6.54 Å². The van der Waals surface area contributed by atoms with E-state index in [9.17, 15) is 4.79 Å². The molecule has 32 heavy (non-hydrogen) atoms. The average molecular weight is 432 g/mol. The fraction of sp³-hybridized carbons (Fsp3) is 0.348. The molecule has 0 aliphatic carbocycles. The molecule has 9 nitrogen and oxygen atoms in total. The molecular weight excluding hydrogens is 408 g/mol. The number of rotatable bonds is 5. The van der Waals surface area contributed by atoms with Crippen LogP contribution in [0.1, 0.15) is 52.4 Å². The predicted octanol–water partition coefficient (Wildman–Crippen LogP) is 3.61. The Hall–Kier alpha value is -3.75. The van der Waals surface area contributed by atoms with E-state index in [4.69, 9.17) is 8.94 Å². The van der Waals surface area contributed by atoms with Gasteiger partial charge in [0.15, 0.2) is 5.76 Å². The van der Waals surface area contributed by atoms with Crippen molar-refractivity contribution < 1.29 is 13.7 Å². The highest BCUT2D eigenvalue weighted by Crippen LogP contribution is 2.28. The number of aromatic nitrogens is 5. The van der Waals surface area contributed by atoms with Crippen molar-refractivity contribution in [3.63, 3.8) is 0 Å². The van der Waals surface area contributed by atoms with Crippen LogP contribution in [0.2, 0.25) is 0 Å². The van der Waals surface area contributed by atoms with Gasteiger partial charge in [0.2, 0.25) is 11.7 Å². The van der Waals surface area contributed by atoms with Gasteiger partial charge in [-0.05, 0) is 57.0 Å². The molecule has 0 spiro atoms. The van der Waals surface area contributed by atoms with Gasteiger partial charge in [-0.2, -0.15) is 10.1 Å². The Morgan fingerprint density at radius 2 is 2.16 bits per heavy atom. The summed E-state index contributed by atoms with van der Waals surface area (Å²) in [6, 6.07) is 9.31. The number of hydrogen-bond acceptors (Lipinski definition) is 7. The van der Waals surface area contributed by atoms with Gasteiger partial charge in [-0.25, -0.2) is 0 Å². The number of amides is 1. The lowest BCUT2D eigenvalue weighted by Crippen LogP contribution is -2.39. The second-order valence-corrected chi connectivity index (χ2v) is 8.14. The third kappa shape index (κ3) is 4.05. The minimum atomic E-state index is -0.124. The minimum Gasteiger partial charge on any atom is -0.454 e. The van der Waals surface area contributed by atoms with Gasteiger partial charge >= 0.3 is 0 Å². The van der Waals surface area contributed by atoms with Crippen LogP contribution >= 0.6 is 0 Å². The van der Waals surface area contributed by atoms with E-state index >= 15 is 0 Å². The Labute approximate surface area is 185 Å². The Balaban J connectivity index is 1.27. The molecule has 0 unspecified atom stereocenters. The Morgan fingerprint density at radius 3 is 2.94 bits per heavy atom. The molecule has 0 saturated carbocycles. The number of carbonyl (C=O) groups is 1. The summed E-state index contributed by atoms with van der Waals surface area (Å²) in [5, 5.41) is 8.54. The normalized spacial score (nSPS) is 16.4. The first-order valence-corrected chi connectivity index (χ1v) is 10.7. The first-order chi connectivity index (χ1) is 15.6. The number of furan rings is 1. The van der Waals surface area contributed by atoms with Crippen LogP contribution in [0.3, 0.4) is 0 Å². The molecule has 1 atom stereocenters. The van der Waals surface area contributed by atoms with E-state index in [1.54, 1.807) is 23.4 Å². The molecule has 1 amide bonds. The summed E-state index contributed by atoms with van der Waals surface area (Å²) in [5.74, 6) is 1.97. The van der Waals surface area contributed by atoms with Crippen LogP contribution in [-0.4, -0.2) is 48.8 Å². The maximum atomic E-state index is 13.1. The van der Waals surface area contributed by atoms with Gasteiger partial charge in [0.25, 0.3) is 5.91 Å². The largest absolute Gasteiger partial charge is 0.454 e. The first-order valence-electron chi connectivity index (χ1n) is 10.7. The summed E-state index contributed by atoms with van der Waals surface area (Å²) >= 11 is 0. The van der Waals surface area contributed by atoms with E-state index in [1.165, 1.54) is 0 Å². The summed E-state index contributed by atoms with van der Waals surface area (Å²) < 4.78 is 13.2. The summed E-state index contributed by atoms with van der Waals surface area (Å²) in [7, 11) is 0. The third-order valence-electron chi connectivity index (χ3n) is 5.70. The lowest BCUT2D eigenvalue weighted by molar-refractivity contribution is 0.0661. The fourth-order valence-corrected chi connectivity index (χ4v) is 4.09. The molecule has 4 aromatic heterocycles. The molecule has 4 aromatic rings. The SMILES string of the molecule is Cc1cc(C)n(Cc2ccc(C(=O)N3CCC[C@H](c4nc(-c5cccnc5)no4)C3)o2)n1. The Morgan fingerprint density at radius 1 is 1.25 bits per heavy atom. The summed E-state index contributed by atoms with van der Waals surface area (Å²) in [6.45, 7) is 5.64. The van der Waals surface area contributed by atoms with E-state index in [2.05, 4.69) is 20.2 Å². The van der Waals surface area contributed by atoms with Crippen molar-refractivity contribution in [2.45, 2.75) is 39.2 Å². The van der Waals surface area contributed by atoms with E-state index in [0.717, 1.165) is 29.8 Å². The van der Waals surface area contributed by atoms with Crippen LogP contribution in [0.4, 0.5) is 0 Å². The minimum absolute atomic E-state index is 0.00486. The van der Waals surface area contributed by atoms with E-state index in [0.29, 0.717) is 42.9 Å². The molecule has 0 bridgehead atoms. The second-order valence-electron chi connectivity index (χ2n) is 8.14. The molecule has 0 aromatic carbocycles. The quantitative estimate of drug-likeness (QED) is 0.475. The predicted molar refractivity (Wildman–Crippen MR) is 115 cm³/mol. The van der Waals surface area contributed by atoms with E-state index in [1.807, 2.05) is 42.8 Å². The zero-order valence-corrected chi connectivity index (χ0v) is 18.1. The molecule has 0 N–H and O–H groups in total. The first kappa shape index (κ1) is 20.2. The molecule has 1 saturated heterocycles. The highest BCUT2D eigenvalue weighted by Gasteiger charge is 2.30. The van der Waals surface area contributed by atoms with Crippen molar-refractivity contribution in [3.8, 4) is 11.4 Å². The number of aryl methyl sites for hydroxylation is 2. The molecule has 0 radical (unpaired) electrons. The van der Waals surface area contributed by atoms with Crippen molar-refractivity contribution in [1.29, 1.82) is 0 Å². The van der Waals surface area contributed by atoms with Gasteiger partial charge in [0.05, 0.1) is 18.2 Å². The molecular formula is C23H24N6O3. The number of nitrogens with zero attached hydrogens (tertiary/aromatic N) is 6. The fourth-order valence-electron chi connectivity index (χ4n) is 4.09. The molecule has 5 rings (SSSR count). The molecule has 1 aliphatic heterocycles. The lowest BCUT2D eigenvalue weighted by atomic mass is 9.97. The maximum absolute atomic E-state index is 13.1. The van der Waals surface area contributed by atoms with Gasteiger partial charge in [-0.3, -0.25) is 14.5 Å². The van der Waals surface area contributed by atoms with Crippen molar-refractivity contribution >= 4 is 5.91 Å². The standard InChI is InChI=1S/C23H24N6O3/c1-15-11-16(2)29(26-15)14-19-7-8-20(31-19)23(30)28-10-4-6-18(13-28)22-25-21(27-32-22)17-5-3-9-24-12-17/h3,5,7-9,11-12,18H,4,6,10,13-14H2,1-2H3/t18-/m0/s1. The number of pyridine rings is 1. The maximum Gasteiger partial charge on any atom is 0.289 e. The zero-order valence-electron chi connectivity index (χ0n) is 18.1. The van der Waals surface area contributed by atoms with Gasteiger partial charge in [0, 0.05) is 36.7 Å². The lowest BCUT2D eigenvalue weighted by Gasteiger charge is -2.30. The average Bonchev–Trinajstić information content (AvgIpc) is 3.55. The van der Waals surface area contributed by atoms with Crippen molar-refractivity contribution in [2.75, 3.05) is 13.1 Å². The summed E-state index contributed by atoms with van der Waals surface area (Å²) in [4.78, 5) is 23.5. The van der Waals surface area contributed by atoms with Crippen LogP contribution in [0.25, 0.3) is 11.4 Å². The second kappa shape index (κ2) is 8.41. The topological polar surface area (TPSA) is 103 Å². The number of carbonyl (C=O) groups excluding carboxylic acids is 1. The van der Waals surface area contributed by atoms with E-state index in [-0.39, 0.29) is 11.8 Å². The number of hydrogen-bond donors (Lipinski definition) is 0. The number of likely N-dealkylation sites (tertiary alicyclic amines) is 1. The van der Waals surface area contributed by atoms with Gasteiger partial charge in [0.1, 0.15) is 5.76 Å². The van der Waals surface area contributed by atoms with Crippen LogP contribution in [0.5, 0.6) is 0 Å².